The zero-order valence-electron chi connectivity index (χ0n) is 13.9. The second-order valence-electron chi connectivity index (χ2n) is 6.27. The molecule has 0 radical (unpaired) electrons. The predicted octanol–water partition coefficient (Wildman–Crippen LogP) is 4.21. The number of aromatic nitrogens is 3. The number of hydrogen-bond acceptors (Lipinski definition) is 3. The van der Waals surface area contributed by atoms with Crippen molar-refractivity contribution < 1.29 is 0 Å². The molecule has 3 rings (SSSR count). The normalized spacial score (nSPS) is 11.6. The van der Waals surface area contributed by atoms with E-state index in [0.717, 1.165) is 16.4 Å². The van der Waals surface area contributed by atoms with Crippen molar-refractivity contribution in [1.82, 2.24) is 14.8 Å². The van der Waals surface area contributed by atoms with E-state index in [9.17, 15) is 9.59 Å². The third kappa shape index (κ3) is 3.43. The molecule has 26 heavy (non-hydrogen) atoms. The molecule has 0 spiro atoms. The number of hydrogen-bond donors (Lipinski definition) is 1. The summed E-state index contributed by atoms with van der Waals surface area (Å²) in [5.74, 6) is 0. The predicted molar refractivity (Wildman–Crippen MR) is 104 cm³/mol. The second-order valence-corrected chi connectivity index (χ2v) is 7.52. The summed E-state index contributed by atoms with van der Waals surface area (Å²) in [4.78, 5) is 25.3. The van der Waals surface area contributed by atoms with Gasteiger partial charge in [-0.2, -0.15) is 9.78 Å². The van der Waals surface area contributed by atoms with Crippen LogP contribution in [-0.4, -0.2) is 14.8 Å². The molecule has 0 fully saturated rings. The van der Waals surface area contributed by atoms with Gasteiger partial charge in [-0.1, -0.05) is 60.8 Å². The molecule has 0 aliphatic carbocycles. The van der Waals surface area contributed by atoms with Crippen LogP contribution in [0, 0.1) is 0 Å². The van der Waals surface area contributed by atoms with Crippen LogP contribution >= 0.6 is 34.8 Å². The van der Waals surface area contributed by atoms with Crippen molar-refractivity contribution in [1.29, 1.82) is 0 Å². The molecule has 134 valence electrons. The smallest absolute Gasteiger partial charge is 0.271 e. The van der Waals surface area contributed by atoms with Gasteiger partial charge in [0.1, 0.15) is 6.20 Å². The lowest BCUT2D eigenvalue weighted by Gasteiger charge is -2.28. The molecule has 0 saturated heterocycles. The highest BCUT2D eigenvalue weighted by atomic mass is 35.5. The summed E-state index contributed by atoms with van der Waals surface area (Å²) in [7, 11) is 0. The van der Waals surface area contributed by atoms with E-state index in [1.807, 2.05) is 26.0 Å². The molecule has 0 aliphatic rings. The summed E-state index contributed by atoms with van der Waals surface area (Å²) >= 11 is 19.0. The Hall–Kier alpha value is -2.08. The Balaban J connectivity index is 2.14. The highest BCUT2D eigenvalue weighted by Gasteiger charge is 2.29. The van der Waals surface area contributed by atoms with Crippen LogP contribution in [0.25, 0.3) is 5.69 Å². The van der Waals surface area contributed by atoms with Crippen molar-refractivity contribution in [3.8, 4) is 5.69 Å². The molecule has 0 amide bonds. The van der Waals surface area contributed by atoms with Crippen LogP contribution in [0.1, 0.15) is 25.0 Å². The van der Waals surface area contributed by atoms with Gasteiger partial charge in [0.2, 0.25) is 0 Å². The van der Waals surface area contributed by atoms with Crippen LogP contribution in [0.5, 0.6) is 0 Å². The number of nitrogens with one attached hydrogen (secondary N) is 1. The summed E-state index contributed by atoms with van der Waals surface area (Å²) in [6, 6.07) is 10.6. The summed E-state index contributed by atoms with van der Waals surface area (Å²) in [5, 5.41) is 5.22. The van der Waals surface area contributed by atoms with Gasteiger partial charge in [-0.15, -0.1) is 0 Å². The van der Waals surface area contributed by atoms with Gasteiger partial charge in [-0.3, -0.25) is 9.78 Å². The average molecular weight is 411 g/mol. The van der Waals surface area contributed by atoms with E-state index in [1.165, 1.54) is 0 Å². The Morgan fingerprint density at radius 2 is 1.58 bits per heavy atom. The first kappa shape index (κ1) is 18.7. The van der Waals surface area contributed by atoms with Crippen molar-refractivity contribution in [3.05, 3.63) is 89.6 Å². The Labute approximate surface area is 164 Å². The zero-order chi connectivity index (χ0) is 19.1. The fourth-order valence-electron chi connectivity index (χ4n) is 2.83. The van der Waals surface area contributed by atoms with Crippen molar-refractivity contribution in [3.63, 3.8) is 0 Å². The molecule has 3 aromatic rings. The van der Waals surface area contributed by atoms with E-state index >= 15 is 0 Å². The zero-order valence-corrected chi connectivity index (χ0v) is 16.2. The van der Waals surface area contributed by atoms with Gasteiger partial charge in [-0.25, -0.2) is 4.79 Å². The van der Waals surface area contributed by atoms with Crippen LogP contribution in [-0.2, 0) is 5.41 Å². The van der Waals surface area contributed by atoms with Gasteiger partial charge in [0.25, 0.3) is 5.56 Å². The molecule has 0 unspecified atom stereocenters. The van der Waals surface area contributed by atoms with Crippen LogP contribution in [0.15, 0.2) is 52.2 Å². The van der Waals surface area contributed by atoms with Crippen LogP contribution in [0.4, 0.5) is 0 Å². The quantitative estimate of drug-likeness (QED) is 0.703. The van der Waals surface area contributed by atoms with E-state index in [-0.39, 0.29) is 0 Å². The minimum Gasteiger partial charge on any atom is -0.271 e. The molecule has 8 heteroatoms. The van der Waals surface area contributed by atoms with Gasteiger partial charge in [0, 0.05) is 20.5 Å². The monoisotopic (exact) mass is 409 g/mol. The standard InChI is InChI=1S/C18H14Cl3N3O2/c1-18(2,10-3-5-11(19)6-4-10)16-13(20)7-12(8-14(16)21)24-17(26)23-15(25)9-22-24/h3-9H,1-2H3,(H,23,25,26). The molecule has 2 aromatic carbocycles. The van der Waals surface area contributed by atoms with E-state index in [4.69, 9.17) is 34.8 Å². The van der Waals surface area contributed by atoms with Gasteiger partial charge < -0.3 is 0 Å². The van der Waals surface area contributed by atoms with Crippen molar-refractivity contribution in [2.24, 2.45) is 0 Å². The summed E-state index contributed by atoms with van der Waals surface area (Å²) < 4.78 is 1.03. The molecule has 1 N–H and O–H groups in total. The van der Waals surface area contributed by atoms with Gasteiger partial charge in [-0.05, 0) is 35.4 Å². The first-order valence-electron chi connectivity index (χ1n) is 7.65. The third-order valence-electron chi connectivity index (χ3n) is 4.18. The first-order chi connectivity index (χ1) is 12.2. The Morgan fingerprint density at radius 3 is 2.12 bits per heavy atom. The summed E-state index contributed by atoms with van der Waals surface area (Å²) in [6.45, 7) is 3.99. The lowest BCUT2D eigenvalue weighted by atomic mass is 9.78. The lowest BCUT2D eigenvalue weighted by molar-refractivity contribution is 0.640. The fraction of sp³-hybridized carbons (Fsp3) is 0.167. The number of aromatic amines is 1. The Bertz CT molecular complexity index is 1060. The number of halogens is 3. The average Bonchev–Trinajstić information content (AvgIpc) is 2.54. The second kappa shape index (κ2) is 6.91. The molecule has 0 aliphatic heterocycles. The maximum absolute atomic E-state index is 11.9. The Kier molecular flexibility index (Phi) is 4.97. The molecule has 1 heterocycles. The molecule has 0 atom stereocenters. The third-order valence-corrected chi connectivity index (χ3v) is 5.02. The van der Waals surface area contributed by atoms with E-state index < -0.39 is 16.7 Å². The van der Waals surface area contributed by atoms with Crippen LogP contribution in [0.2, 0.25) is 15.1 Å². The highest BCUT2D eigenvalue weighted by Crippen LogP contribution is 2.41. The Morgan fingerprint density at radius 1 is 1.00 bits per heavy atom. The molecular formula is C18H14Cl3N3O2. The highest BCUT2D eigenvalue weighted by molar-refractivity contribution is 6.36. The minimum atomic E-state index is -0.672. The largest absolute Gasteiger partial charge is 0.349 e. The van der Waals surface area contributed by atoms with Crippen molar-refractivity contribution in [2.75, 3.05) is 0 Å². The van der Waals surface area contributed by atoms with E-state index in [1.54, 1.807) is 24.3 Å². The number of benzene rings is 2. The molecule has 0 saturated carbocycles. The van der Waals surface area contributed by atoms with Crippen molar-refractivity contribution in [2.45, 2.75) is 19.3 Å². The van der Waals surface area contributed by atoms with Crippen molar-refractivity contribution >= 4 is 34.8 Å². The fourth-order valence-corrected chi connectivity index (χ4v) is 3.90. The van der Waals surface area contributed by atoms with Gasteiger partial charge >= 0.3 is 5.69 Å². The number of H-pyrrole nitrogens is 1. The first-order valence-corrected chi connectivity index (χ1v) is 8.78. The SMILES string of the molecule is CC(C)(c1ccc(Cl)cc1)c1c(Cl)cc(-n2ncc(=O)[nH]c2=O)cc1Cl. The molecule has 5 nitrogen and oxygen atoms in total. The molecular weight excluding hydrogens is 397 g/mol. The maximum atomic E-state index is 11.9. The number of rotatable bonds is 3. The summed E-state index contributed by atoms with van der Waals surface area (Å²) in [6.07, 6.45) is 1.01. The van der Waals surface area contributed by atoms with Crippen LogP contribution < -0.4 is 11.2 Å². The molecule has 0 bridgehead atoms. The van der Waals surface area contributed by atoms with E-state index in [2.05, 4.69) is 10.1 Å². The number of nitrogens with zero attached hydrogens (tertiary/aromatic N) is 2. The van der Waals surface area contributed by atoms with E-state index in [0.29, 0.717) is 26.3 Å². The maximum Gasteiger partial charge on any atom is 0.349 e. The minimum absolute atomic E-state index is 0.358. The van der Waals surface area contributed by atoms with Crippen LogP contribution in [0.3, 0.4) is 0 Å². The van der Waals surface area contributed by atoms with Gasteiger partial charge in [0.05, 0.1) is 5.69 Å². The van der Waals surface area contributed by atoms with Gasteiger partial charge in [0.15, 0.2) is 0 Å². The topological polar surface area (TPSA) is 67.8 Å². The lowest BCUT2D eigenvalue weighted by Crippen LogP contribution is -2.30. The summed E-state index contributed by atoms with van der Waals surface area (Å²) in [5.41, 5.74) is 0.304. The molecule has 1 aromatic heterocycles.